The summed E-state index contributed by atoms with van der Waals surface area (Å²) in [5, 5.41) is 19.1. The van der Waals surface area contributed by atoms with Gasteiger partial charge >= 0.3 is 0 Å². The van der Waals surface area contributed by atoms with Crippen LogP contribution in [-0.2, 0) is 6.67 Å². The van der Waals surface area contributed by atoms with Crippen molar-refractivity contribution in [2.45, 2.75) is 6.67 Å². The molecule has 0 aliphatic carbocycles. The first-order valence-electron chi connectivity index (χ1n) is 6.96. The fraction of sp³-hybridized carbons (Fsp3) is 0.0667. The first-order chi connectivity index (χ1) is 12.0. The van der Waals surface area contributed by atoms with Gasteiger partial charge in [0.2, 0.25) is 5.89 Å². The highest BCUT2D eigenvalue weighted by Gasteiger charge is 2.14. The molecule has 10 heteroatoms. The van der Waals surface area contributed by atoms with E-state index in [1.165, 1.54) is 10.7 Å². The van der Waals surface area contributed by atoms with Crippen LogP contribution in [0.4, 0.5) is 11.4 Å². The van der Waals surface area contributed by atoms with Crippen LogP contribution in [-0.4, -0.2) is 14.7 Å². The van der Waals surface area contributed by atoms with Crippen LogP contribution in [0.15, 0.2) is 46.9 Å². The quantitative estimate of drug-likeness (QED) is 0.364. The van der Waals surface area contributed by atoms with Crippen molar-refractivity contribution in [3.63, 3.8) is 0 Å². The molecular formula is C15H10Cl2N4O3S. The van der Waals surface area contributed by atoms with E-state index in [0.717, 1.165) is 0 Å². The molecule has 0 aliphatic heterocycles. The molecule has 0 saturated heterocycles. The zero-order valence-corrected chi connectivity index (χ0v) is 14.8. The van der Waals surface area contributed by atoms with Crippen LogP contribution in [0.2, 0.25) is 10.0 Å². The number of hydrogen-bond acceptors (Lipinski definition) is 6. The normalized spacial score (nSPS) is 10.6. The van der Waals surface area contributed by atoms with E-state index in [4.69, 9.17) is 39.8 Å². The van der Waals surface area contributed by atoms with E-state index < -0.39 is 4.92 Å². The largest absolute Gasteiger partial charge is 0.409 e. The molecule has 3 rings (SSSR count). The van der Waals surface area contributed by atoms with Crippen molar-refractivity contribution < 1.29 is 9.34 Å². The first kappa shape index (κ1) is 17.4. The number of hydrogen-bond donors (Lipinski definition) is 1. The van der Waals surface area contributed by atoms with Gasteiger partial charge in [-0.2, -0.15) is 0 Å². The molecule has 0 atom stereocenters. The van der Waals surface area contributed by atoms with E-state index in [9.17, 15) is 10.1 Å². The molecule has 0 spiro atoms. The predicted molar refractivity (Wildman–Crippen MR) is 97.5 cm³/mol. The van der Waals surface area contributed by atoms with Gasteiger partial charge in [-0.05, 0) is 36.5 Å². The van der Waals surface area contributed by atoms with Crippen LogP contribution < -0.4 is 5.32 Å². The summed E-state index contributed by atoms with van der Waals surface area (Å²) in [6.45, 7) is 0.0956. The zero-order chi connectivity index (χ0) is 18.0. The molecule has 1 heterocycles. The van der Waals surface area contributed by atoms with E-state index in [1.807, 2.05) is 0 Å². The maximum atomic E-state index is 11.0. The minimum atomic E-state index is -0.469. The molecular weight excluding hydrogens is 387 g/mol. The zero-order valence-electron chi connectivity index (χ0n) is 12.5. The van der Waals surface area contributed by atoms with Crippen LogP contribution in [0, 0.1) is 15.0 Å². The Balaban J connectivity index is 1.85. The van der Waals surface area contributed by atoms with Gasteiger partial charge in [-0.15, -0.1) is 5.10 Å². The molecule has 0 fully saturated rings. The van der Waals surface area contributed by atoms with E-state index in [2.05, 4.69) is 10.4 Å². The SMILES string of the molecule is O=[N+]([O-])c1ccccc1NCn1nc(-c2ccc(Cl)cc2Cl)oc1=S. The van der Waals surface area contributed by atoms with Crippen molar-refractivity contribution in [3.8, 4) is 11.5 Å². The number of rotatable bonds is 5. The summed E-state index contributed by atoms with van der Waals surface area (Å²) in [6, 6.07) is 11.2. The van der Waals surface area contributed by atoms with Crippen molar-refractivity contribution in [2.24, 2.45) is 0 Å². The Hall–Kier alpha value is -2.42. The average Bonchev–Trinajstić information content (AvgIpc) is 2.93. The number of nitro benzene ring substituents is 1. The van der Waals surface area contributed by atoms with Gasteiger partial charge in [-0.3, -0.25) is 10.1 Å². The maximum absolute atomic E-state index is 11.0. The number of benzene rings is 2. The van der Waals surface area contributed by atoms with Gasteiger partial charge in [0, 0.05) is 11.1 Å². The Morgan fingerprint density at radius 1 is 1.28 bits per heavy atom. The number of para-hydroxylation sites is 2. The molecule has 0 saturated carbocycles. The third-order valence-corrected chi connectivity index (χ3v) is 4.13. The molecule has 7 nitrogen and oxygen atoms in total. The predicted octanol–water partition coefficient (Wildman–Crippen LogP) is 5.16. The summed E-state index contributed by atoms with van der Waals surface area (Å²) in [7, 11) is 0. The van der Waals surface area contributed by atoms with Gasteiger partial charge in [0.05, 0.1) is 15.5 Å². The minimum Gasteiger partial charge on any atom is -0.409 e. The van der Waals surface area contributed by atoms with Crippen LogP contribution in [0.25, 0.3) is 11.5 Å². The summed E-state index contributed by atoms with van der Waals surface area (Å²) in [6.07, 6.45) is 0. The van der Waals surface area contributed by atoms with Crippen molar-refractivity contribution in [1.82, 2.24) is 9.78 Å². The van der Waals surface area contributed by atoms with Gasteiger partial charge in [0.25, 0.3) is 10.5 Å². The van der Waals surface area contributed by atoms with Gasteiger partial charge in [-0.25, -0.2) is 4.68 Å². The van der Waals surface area contributed by atoms with E-state index >= 15 is 0 Å². The molecule has 0 radical (unpaired) electrons. The summed E-state index contributed by atoms with van der Waals surface area (Å²) >= 11 is 17.1. The molecule has 1 N–H and O–H groups in total. The molecule has 2 aromatic carbocycles. The van der Waals surface area contributed by atoms with Crippen molar-refractivity contribution in [2.75, 3.05) is 5.32 Å². The molecule has 0 unspecified atom stereocenters. The second-order valence-corrected chi connectivity index (χ2v) is 6.10. The number of nitrogens with zero attached hydrogens (tertiary/aromatic N) is 3. The number of halogens is 2. The topological polar surface area (TPSA) is 86.1 Å². The van der Waals surface area contributed by atoms with Crippen LogP contribution in [0.1, 0.15) is 0 Å². The molecule has 25 heavy (non-hydrogen) atoms. The summed E-state index contributed by atoms with van der Waals surface area (Å²) in [4.78, 5) is 10.7. The van der Waals surface area contributed by atoms with Crippen LogP contribution >= 0.6 is 35.4 Å². The van der Waals surface area contributed by atoms with Gasteiger partial charge in [0.15, 0.2) is 0 Å². The molecule has 0 aliphatic rings. The van der Waals surface area contributed by atoms with Crippen molar-refractivity contribution in [3.05, 3.63) is 67.5 Å². The average molecular weight is 397 g/mol. The van der Waals surface area contributed by atoms with Gasteiger partial charge in [0.1, 0.15) is 12.4 Å². The highest BCUT2D eigenvalue weighted by Crippen LogP contribution is 2.29. The monoisotopic (exact) mass is 396 g/mol. The highest BCUT2D eigenvalue weighted by molar-refractivity contribution is 7.71. The Morgan fingerprint density at radius 2 is 2.04 bits per heavy atom. The minimum absolute atomic E-state index is 0.0431. The standard InChI is InChI=1S/C15H10Cl2N4O3S/c16-9-5-6-10(11(17)7-9)14-19-20(15(25)24-14)8-18-12-3-1-2-4-13(12)21(22)23/h1-7,18H,8H2. The lowest BCUT2D eigenvalue weighted by molar-refractivity contribution is -0.384. The lowest BCUT2D eigenvalue weighted by Gasteiger charge is -2.06. The van der Waals surface area contributed by atoms with Crippen LogP contribution in [0.3, 0.4) is 0 Å². The van der Waals surface area contributed by atoms with Gasteiger partial charge in [-0.1, -0.05) is 35.3 Å². The fourth-order valence-corrected chi connectivity index (χ4v) is 2.79. The van der Waals surface area contributed by atoms with E-state index in [0.29, 0.717) is 21.3 Å². The number of aromatic nitrogens is 2. The van der Waals surface area contributed by atoms with Gasteiger partial charge < -0.3 is 9.73 Å². The third kappa shape index (κ3) is 3.81. The van der Waals surface area contributed by atoms with E-state index in [1.54, 1.807) is 36.4 Å². The molecule has 128 valence electrons. The molecule has 1 aromatic heterocycles. The lowest BCUT2D eigenvalue weighted by atomic mass is 10.2. The Morgan fingerprint density at radius 3 is 2.76 bits per heavy atom. The van der Waals surface area contributed by atoms with Crippen molar-refractivity contribution in [1.29, 1.82) is 0 Å². The smallest absolute Gasteiger partial charge is 0.292 e. The summed E-state index contributed by atoms with van der Waals surface area (Å²) in [5.41, 5.74) is 0.851. The Bertz CT molecular complexity index is 1000. The Kier molecular flexibility index (Phi) is 5.03. The molecule has 3 aromatic rings. The molecule has 0 amide bonds. The second-order valence-electron chi connectivity index (χ2n) is 4.91. The van der Waals surface area contributed by atoms with Crippen molar-refractivity contribution >= 4 is 46.8 Å². The number of nitro groups is 1. The number of nitrogens with one attached hydrogen (secondary N) is 1. The lowest BCUT2D eigenvalue weighted by Crippen LogP contribution is -2.10. The molecule has 0 bridgehead atoms. The maximum Gasteiger partial charge on any atom is 0.292 e. The third-order valence-electron chi connectivity index (χ3n) is 3.29. The van der Waals surface area contributed by atoms with Crippen LogP contribution in [0.5, 0.6) is 0 Å². The second kappa shape index (κ2) is 7.22. The number of anilines is 1. The Labute approximate surface area is 156 Å². The summed E-state index contributed by atoms with van der Waals surface area (Å²) < 4.78 is 6.82. The fourth-order valence-electron chi connectivity index (χ4n) is 2.12. The summed E-state index contributed by atoms with van der Waals surface area (Å²) in [5.74, 6) is 0.232. The van der Waals surface area contributed by atoms with E-state index in [-0.39, 0.29) is 23.1 Å². The highest BCUT2D eigenvalue weighted by atomic mass is 35.5. The first-order valence-corrected chi connectivity index (χ1v) is 8.13.